The van der Waals surface area contributed by atoms with Crippen molar-refractivity contribution < 1.29 is 37.2 Å². The first-order valence-corrected chi connectivity index (χ1v) is 15.2. The minimum atomic E-state index is -3.86. The monoisotopic (exact) mass is 613 g/mol. The predicted octanol–water partition coefficient (Wildman–Crippen LogP) is 3.22. The van der Waals surface area contributed by atoms with Crippen molar-refractivity contribution in [3.05, 3.63) is 75.6 Å². The fraction of sp³-hybridized carbons (Fsp3) is 0.423. The maximum Gasteiger partial charge on any atom is 0.330 e. The number of aromatic amines is 1. The van der Waals surface area contributed by atoms with E-state index in [9.17, 15) is 19.5 Å². The number of nitrogens with zero attached hydrogens (tertiary/aromatic N) is 1. The molecule has 0 saturated carbocycles. The summed E-state index contributed by atoms with van der Waals surface area (Å²) in [5.74, 6) is -3.64. The fourth-order valence-electron chi connectivity index (χ4n) is 4.27. The first kappa shape index (κ1) is 30.9. The number of halogens is 2. The summed E-state index contributed by atoms with van der Waals surface area (Å²) in [4.78, 5) is 38.2. The highest BCUT2D eigenvalue weighted by atomic mass is 32.5. The Bertz CT molecular complexity index is 1590. The van der Waals surface area contributed by atoms with Crippen LogP contribution in [0.1, 0.15) is 33.9 Å². The van der Waals surface area contributed by atoms with Crippen molar-refractivity contribution in [1.29, 1.82) is 0 Å². The van der Waals surface area contributed by atoms with Gasteiger partial charge in [-0.3, -0.25) is 19.1 Å². The summed E-state index contributed by atoms with van der Waals surface area (Å²) in [6, 6.07) is 12.2. The molecule has 0 bridgehead atoms. The third-order valence-corrected chi connectivity index (χ3v) is 8.76. The minimum Gasteiger partial charge on any atom is -0.462 e. The Labute approximate surface area is 238 Å². The summed E-state index contributed by atoms with van der Waals surface area (Å²) in [7, 11) is 0. The average Bonchev–Trinajstić information content (AvgIpc) is 3.07. The van der Waals surface area contributed by atoms with Gasteiger partial charge in [0.15, 0.2) is 18.0 Å². The summed E-state index contributed by atoms with van der Waals surface area (Å²) in [6.45, 7) is 0.603. The minimum absolute atomic E-state index is 0.261. The van der Waals surface area contributed by atoms with E-state index in [2.05, 4.69) is 5.09 Å². The third kappa shape index (κ3) is 6.58. The second-order valence-corrected chi connectivity index (χ2v) is 13.1. The first-order valence-electron chi connectivity index (χ1n) is 12.6. The largest absolute Gasteiger partial charge is 0.462 e. The van der Waals surface area contributed by atoms with Crippen molar-refractivity contribution in [2.45, 2.75) is 63.7 Å². The maximum absolute atomic E-state index is 16.1. The van der Waals surface area contributed by atoms with Crippen LogP contribution in [-0.4, -0.2) is 57.0 Å². The van der Waals surface area contributed by atoms with Gasteiger partial charge in [-0.15, -0.1) is 0 Å². The van der Waals surface area contributed by atoms with Crippen molar-refractivity contribution in [2.24, 2.45) is 0 Å². The highest BCUT2D eigenvalue weighted by Crippen LogP contribution is 2.52. The number of H-pyrrole nitrogens is 1. The highest BCUT2D eigenvalue weighted by molar-refractivity contribution is 8.09. The quantitative estimate of drug-likeness (QED) is 0.231. The van der Waals surface area contributed by atoms with E-state index in [0.717, 1.165) is 24.6 Å². The summed E-state index contributed by atoms with van der Waals surface area (Å²) in [5.41, 5.74) is -4.68. The first-order chi connectivity index (χ1) is 19.1. The van der Waals surface area contributed by atoms with Crippen molar-refractivity contribution in [3.8, 4) is 5.75 Å². The molecule has 15 heteroatoms. The van der Waals surface area contributed by atoms with Gasteiger partial charge in [-0.05, 0) is 51.0 Å². The zero-order valence-corrected chi connectivity index (χ0v) is 24.3. The van der Waals surface area contributed by atoms with E-state index in [0.29, 0.717) is 9.95 Å². The lowest BCUT2D eigenvalue weighted by atomic mass is 9.97. The van der Waals surface area contributed by atoms with Gasteiger partial charge in [-0.25, -0.2) is 18.7 Å². The summed E-state index contributed by atoms with van der Waals surface area (Å²) >= 11 is 5.65. The number of benzene rings is 2. The standard InChI is InChI=1S/C26H30F2N3O8PS/c1-15(2)37-21(33)16(3)30-40(41,39-19-11-7-9-17-8-5-6-10-18(17)19)36-14-26(28)22(34)25(4,27)23(38-26)31-13-12-20(32)29-24(31)35/h5-13,15-16,22-23,34H,14H2,1-4H3,(H,30,41)(H,29,32,35)/t16-,22-,23+,25+,26+,40?/m0/s1. The molecule has 1 aromatic heterocycles. The van der Waals surface area contributed by atoms with E-state index in [4.69, 9.17) is 30.3 Å². The van der Waals surface area contributed by atoms with Gasteiger partial charge in [0.05, 0.1) is 6.10 Å². The third-order valence-electron chi connectivity index (χ3n) is 6.29. The summed E-state index contributed by atoms with van der Waals surface area (Å²) < 4.78 is 54.6. The molecule has 0 amide bonds. The van der Waals surface area contributed by atoms with Gasteiger partial charge in [0.1, 0.15) is 18.4 Å². The van der Waals surface area contributed by atoms with Crippen LogP contribution in [0.3, 0.4) is 0 Å². The molecular formula is C26H30F2N3O8PS. The SMILES string of the molecule is CC(C)OC(=O)[C@H](C)NP(=S)(OC[C@@]1(F)O[C@@H](n2ccc(=O)[nH]c2=O)[C@](C)(F)[C@@H]1O)Oc1cccc2ccccc12. The number of rotatable bonds is 10. The molecule has 1 aliphatic rings. The number of hydrogen-bond donors (Lipinski definition) is 3. The van der Waals surface area contributed by atoms with Crippen LogP contribution < -0.4 is 20.9 Å². The zero-order valence-electron chi connectivity index (χ0n) is 22.6. The smallest absolute Gasteiger partial charge is 0.330 e. The van der Waals surface area contributed by atoms with Crippen LogP contribution in [0.15, 0.2) is 64.3 Å². The van der Waals surface area contributed by atoms with E-state index in [1.807, 2.05) is 23.2 Å². The number of ether oxygens (including phenoxy) is 2. The molecule has 1 fully saturated rings. The number of carbonyl (C=O) groups is 1. The number of esters is 1. The molecular weight excluding hydrogens is 583 g/mol. The number of alkyl halides is 2. The number of aliphatic hydroxyl groups excluding tert-OH is 1. The molecule has 2 heterocycles. The Morgan fingerprint density at radius 3 is 2.56 bits per heavy atom. The van der Waals surface area contributed by atoms with Crippen LogP contribution in [0.25, 0.3) is 10.8 Å². The predicted molar refractivity (Wildman–Crippen MR) is 149 cm³/mol. The number of aromatic nitrogens is 2. The van der Waals surface area contributed by atoms with Gasteiger partial charge in [0, 0.05) is 17.6 Å². The molecule has 0 spiro atoms. The maximum atomic E-state index is 16.1. The average molecular weight is 614 g/mol. The molecule has 11 nitrogen and oxygen atoms in total. The molecule has 2 aromatic carbocycles. The lowest BCUT2D eigenvalue weighted by Crippen LogP contribution is -2.47. The Balaban J connectivity index is 1.64. The van der Waals surface area contributed by atoms with Gasteiger partial charge < -0.3 is 23.6 Å². The number of carbonyl (C=O) groups excluding carboxylic acids is 1. The van der Waals surface area contributed by atoms with Crippen molar-refractivity contribution in [3.63, 3.8) is 0 Å². The van der Waals surface area contributed by atoms with Gasteiger partial charge in [0.2, 0.25) is 0 Å². The van der Waals surface area contributed by atoms with Gasteiger partial charge in [-0.2, -0.15) is 0 Å². The molecule has 3 N–H and O–H groups in total. The number of hydrogen-bond acceptors (Lipinski definition) is 9. The fourth-order valence-corrected chi connectivity index (χ4v) is 6.66. The highest BCUT2D eigenvalue weighted by Gasteiger charge is 2.65. The van der Waals surface area contributed by atoms with E-state index < -0.39 is 66.5 Å². The zero-order chi connectivity index (χ0) is 30.2. The Morgan fingerprint density at radius 1 is 1.20 bits per heavy atom. The van der Waals surface area contributed by atoms with Crippen molar-refractivity contribution >= 4 is 35.2 Å². The second kappa shape index (κ2) is 11.7. The van der Waals surface area contributed by atoms with E-state index in [-0.39, 0.29) is 5.75 Å². The lowest BCUT2D eigenvalue weighted by Gasteiger charge is -2.30. The van der Waals surface area contributed by atoms with Crippen LogP contribution in [-0.2, 0) is 30.6 Å². The molecule has 41 heavy (non-hydrogen) atoms. The van der Waals surface area contributed by atoms with E-state index in [1.54, 1.807) is 38.1 Å². The Hall–Kier alpha value is -3.00. The summed E-state index contributed by atoms with van der Waals surface area (Å²) in [5, 5.41) is 14.9. The molecule has 0 radical (unpaired) electrons. The van der Waals surface area contributed by atoms with Crippen LogP contribution in [0.5, 0.6) is 5.75 Å². The van der Waals surface area contributed by atoms with E-state index in [1.165, 1.54) is 6.92 Å². The van der Waals surface area contributed by atoms with Crippen LogP contribution in [0, 0.1) is 0 Å². The molecule has 0 aliphatic carbocycles. The van der Waals surface area contributed by atoms with Crippen LogP contribution in [0.4, 0.5) is 8.78 Å². The van der Waals surface area contributed by atoms with Crippen molar-refractivity contribution in [2.75, 3.05) is 6.61 Å². The summed E-state index contributed by atoms with van der Waals surface area (Å²) in [6.07, 6.45) is -3.94. The molecule has 222 valence electrons. The molecule has 1 saturated heterocycles. The molecule has 4 rings (SSSR count). The van der Waals surface area contributed by atoms with Crippen molar-refractivity contribution in [1.82, 2.24) is 14.6 Å². The van der Waals surface area contributed by atoms with Crippen LogP contribution >= 0.6 is 6.64 Å². The number of nitrogens with one attached hydrogen (secondary N) is 2. The Morgan fingerprint density at radius 2 is 1.88 bits per heavy atom. The topological polar surface area (TPSA) is 141 Å². The second-order valence-electron chi connectivity index (χ2n) is 10.0. The van der Waals surface area contributed by atoms with E-state index >= 15 is 8.78 Å². The number of aliphatic hydroxyl groups is 1. The van der Waals surface area contributed by atoms with Gasteiger partial charge in [0.25, 0.3) is 11.4 Å². The molecule has 3 aromatic rings. The molecule has 6 atom stereocenters. The molecule has 1 unspecified atom stereocenters. The number of fused-ring (bicyclic) bond motifs is 1. The van der Waals surface area contributed by atoms with Gasteiger partial charge in [-0.1, -0.05) is 36.4 Å². The lowest BCUT2D eigenvalue weighted by molar-refractivity contribution is -0.203. The molecule has 1 aliphatic heterocycles. The Kier molecular flexibility index (Phi) is 8.84. The van der Waals surface area contributed by atoms with Crippen LogP contribution in [0.2, 0.25) is 0 Å². The van der Waals surface area contributed by atoms with Gasteiger partial charge >= 0.3 is 18.3 Å². The normalized spacial score (nSPS) is 26.5.